The summed E-state index contributed by atoms with van der Waals surface area (Å²) in [6.45, 7) is 10.1. The van der Waals surface area contributed by atoms with Crippen LogP contribution in [0.25, 0.3) is 0 Å². The molecule has 0 aromatic heterocycles. The van der Waals surface area contributed by atoms with E-state index >= 15 is 0 Å². The Morgan fingerprint density at radius 1 is 0.720 bits per heavy atom. The number of carboxylic acids is 2. The summed E-state index contributed by atoms with van der Waals surface area (Å²) >= 11 is 2.70. The summed E-state index contributed by atoms with van der Waals surface area (Å²) in [4.78, 5) is 20.7. The van der Waals surface area contributed by atoms with Crippen molar-refractivity contribution in [2.24, 2.45) is 11.8 Å². The summed E-state index contributed by atoms with van der Waals surface area (Å²) in [5.74, 6) is -2.23. The molecule has 0 aromatic carbocycles. The first-order valence-electron chi connectivity index (χ1n) is 9.97. The van der Waals surface area contributed by atoms with Crippen LogP contribution in [0, 0.1) is 11.8 Å². The molecule has 0 aliphatic carbocycles. The van der Waals surface area contributed by atoms with E-state index in [-0.39, 0.29) is 11.8 Å². The molecule has 0 aliphatic rings. The van der Waals surface area contributed by atoms with Crippen LogP contribution in [-0.2, 0) is 9.59 Å². The average Bonchev–Trinajstić information content (AvgIpc) is 2.57. The molecule has 2 unspecified atom stereocenters. The number of rotatable bonds is 12. The van der Waals surface area contributed by atoms with Crippen LogP contribution < -0.4 is 10.2 Å². The molecule has 0 radical (unpaired) electrons. The molecule has 0 bridgehead atoms. The Kier molecular flexibility index (Phi) is 27.5. The van der Waals surface area contributed by atoms with E-state index in [2.05, 4.69) is 37.1 Å². The number of unbranched alkanes of at least 4 members (excludes halogenated alkanes) is 3. The third-order valence-electron chi connectivity index (χ3n) is 4.02. The van der Waals surface area contributed by atoms with Crippen LogP contribution in [-0.4, -0.2) is 28.2 Å². The van der Waals surface area contributed by atoms with Gasteiger partial charge in [0.25, 0.3) is 0 Å². The molecule has 4 nitrogen and oxygen atoms in total. The van der Waals surface area contributed by atoms with Gasteiger partial charge in [-0.05, 0) is 37.5 Å². The van der Waals surface area contributed by atoms with Crippen molar-refractivity contribution in [3.8, 4) is 0 Å². The fraction of sp³-hybridized carbons (Fsp3) is 0.900. The fourth-order valence-corrected chi connectivity index (χ4v) is 2.49. The van der Waals surface area contributed by atoms with E-state index < -0.39 is 11.9 Å². The summed E-state index contributed by atoms with van der Waals surface area (Å²) in [7, 11) is 0. The van der Waals surface area contributed by atoms with Gasteiger partial charge in [0.2, 0.25) is 0 Å². The van der Waals surface area contributed by atoms with Gasteiger partial charge in [-0.25, -0.2) is 0 Å². The van der Waals surface area contributed by atoms with Gasteiger partial charge < -0.3 is 19.8 Å². The molecule has 0 amide bonds. The Hall–Kier alpha value is -0.528. The number of aliphatic carboxylic acids is 2. The molecule has 0 spiro atoms. The van der Waals surface area contributed by atoms with Crippen molar-refractivity contribution in [1.82, 2.24) is 0 Å². The maximum atomic E-state index is 10.3. The van der Waals surface area contributed by atoms with Crippen molar-refractivity contribution in [3.05, 3.63) is 0 Å². The van der Waals surface area contributed by atoms with Crippen LogP contribution in [0.3, 0.4) is 0 Å². The molecule has 0 N–H and O–H groups in total. The predicted octanol–water partition coefficient (Wildman–Crippen LogP) is 3.28. The van der Waals surface area contributed by atoms with Crippen LogP contribution in [0.1, 0.15) is 98.8 Å². The summed E-state index contributed by atoms with van der Waals surface area (Å²) in [6, 6.07) is 0. The van der Waals surface area contributed by atoms with Crippen LogP contribution in [0.2, 0.25) is 5.28 Å². The van der Waals surface area contributed by atoms with E-state index in [0.717, 1.165) is 38.5 Å². The average molecular weight is 371 g/mol. The number of hydrogen-bond donors (Lipinski definition) is 0. The molecule has 0 rings (SSSR count). The van der Waals surface area contributed by atoms with E-state index in [0.29, 0.717) is 12.8 Å². The maximum absolute atomic E-state index is 10.3. The van der Waals surface area contributed by atoms with Crippen molar-refractivity contribution >= 4 is 28.2 Å². The summed E-state index contributed by atoms with van der Waals surface area (Å²) in [6.07, 6.45) is 9.72. The van der Waals surface area contributed by atoms with E-state index in [9.17, 15) is 19.8 Å². The van der Waals surface area contributed by atoms with Crippen molar-refractivity contribution in [3.63, 3.8) is 0 Å². The van der Waals surface area contributed by atoms with E-state index in [4.69, 9.17) is 0 Å². The molecule has 0 saturated carbocycles. The Morgan fingerprint density at radius 3 is 1.16 bits per heavy atom. The molecule has 5 heteroatoms. The van der Waals surface area contributed by atoms with Gasteiger partial charge in [0.15, 0.2) is 0 Å². The molecule has 0 saturated heterocycles. The summed E-state index contributed by atoms with van der Waals surface area (Å²) in [5.41, 5.74) is 0. The second-order valence-corrected chi connectivity index (χ2v) is 6.85. The zero-order valence-electron chi connectivity index (χ0n) is 17.1. The number of hydrogen-bond acceptors (Lipinski definition) is 4. The van der Waals surface area contributed by atoms with Gasteiger partial charge in [-0.2, -0.15) is 0 Å². The molecule has 2 atom stereocenters. The molecule has 0 heterocycles. The molecule has 0 aromatic rings. The zero-order valence-corrected chi connectivity index (χ0v) is 18.3. The first-order valence-corrected chi connectivity index (χ1v) is 10.8. The molecule has 0 aliphatic heterocycles. The molecule has 0 fully saturated rings. The van der Waals surface area contributed by atoms with Gasteiger partial charge in [0.1, 0.15) is 0 Å². The van der Waals surface area contributed by atoms with Crippen LogP contribution in [0.5, 0.6) is 0 Å². The van der Waals surface area contributed by atoms with Crippen molar-refractivity contribution in [2.75, 3.05) is 0 Å². The number of carboxylic acid groups (broad SMARTS) is 2. The minimum atomic E-state index is -0.893. The van der Waals surface area contributed by atoms with Gasteiger partial charge in [-0.1, -0.05) is 53.4 Å². The minimum absolute atomic E-state index is 0.222. The third-order valence-corrected chi connectivity index (χ3v) is 4.43. The van der Waals surface area contributed by atoms with E-state index in [1.54, 1.807) is 0 Å². The van der Waals surface area contributed by atoms with E-state index in [1.165, 1.54) is 18.1 Å². The standard InChI is InChI=1S/2C8H16O2.C4H9.Al/c2*1-3-5-6-7(4-2)8(9)10;1-3-4-2;/h2*7H,3-6H2,1-2H3,(H,9,10);1,3-4H2,2H3;/q;;;+2/p-2. The topological polar surface area (TPSA) is 80.3 Å². The van der Waals surface area contributed by atoms with Crippen molar-refractivity contribution < 1.29 is 19.8 Å². The van der Waals surface area contributed by atoms with Crippen molar-refractivity contribution in [2.45, 2.75) is 104 Å². The molecule has 146 valence electrons. The van der Waals surface area contributed by atoms with E-state index in [1.807, 2.05) is 13.8 Å². The Labute approximate surface area is 164 Å². The van der Waals surface area contributed by atoms with Gasteiger partial charge in [0.05, 0.1) is 0 Å². The quantitative estimate of drug-likeness (QED) is 0.494. The second kappa shape index (κ2) is 23.5. The fourth-order valence-electron chi connectivity index (χ4n) is 2.08. The predicted molar refractivity (Wildman–Crippen MR) is 102 cm³/mol. The number of carbonyl (C=O) groups is 2. The summed E-state index contributed by atoms with van der Waals surface area (Å²) in [5, 5.41) is 21.9. The Balaban J connectivity index is -0.000000308. The third kappa shape index (κ3) is 23.5. The van der Waals surface area contributed by atoms with Gasteiger partial charge >= 0.3 is 41.3 Å². The van der Waals surface area contributed by atoms with Crippen LogP contribution >= 0.6 is 0 Å². The second-order valence-electron chi connectivity index (χ2n) is 6.28. The normalized spacial score (nSPS) is 12.1. The Bertz CT molecular complexity index is 267. The first-order chi connectivity index (χ1) is 11.9. The Morgan fingerprint density at radius 2 is 1.04 bits per heavy atom. The number of carbonyl (C=O) groups excluding carboxylic acids is 2. The van der Waals surface area contributed by atoms with Crippen LogP contribution in [0.15, 0.2) is 0 Å². The van der Waals surface area contributed by atoms with Crippen LogP contribution in [0.4, 0.5) is 0 Å². The zero-order chi connectivity index (χ0) is 20.1. The van der Waals surface area contributed by atoms with Crippen molar-refractivity contribution in [1.29, 1.82) is 0 Å². The molecular weight excluding hydrogens is 331 g/mol. The summed E-state index contributed by atoms with van der Waals surface area (Å²) < 4.78 is 0. The van der Waals surface area contributed by atoms with Gasteiger partial charge in [0, 0.05) is 11.9 Å². The first kappa shape index (κ1) is 29.2. The molecule has 25 heavy (non-hydrogen) atoms. The van der Waals surface area contributed by atoms with Gasteiger partial charge in [-0.3, -0.25) is 0 Å². The monoisotopic (exact) mass is 370 g/mol. The van der Waals surface area contributed by atoms with Gasteiger partial charge in [-0.15, -0.1) is 0 Å². The molecular formula is C20H39AlO4. The SMILES string of the molecule is CCCCC(CC)C(=O)[O-].CCCCC(CC)C(=O)[O-].CCC[CH2][Al+2].